The number of thiazole rings is 1. The molecular formula is C12H20N2S. The van der Waals surface area contributed by atoms with Crippen LogP contribution in [0.1, 0.15) is 47.3 Å². The maximum atomic E-state index is 4.53. The van der Waals surface area contributed by atoms with Crippen LogP contribution in [-0.4, -0.2) is 12.0 Å². The molecule has 1 unspecified atom stereocenters. The van der Waals surface area contributed by atoms with Crippen molar-refractivity contribution in [1.29, 1.82) is 0 Å². The minimum absolute atomic E-state index is 0.540. The summed E-state index contributed by atoms with van der Waals surface area (Å²) in [6.45, 7) is 4.24. The molecule has 84 valence electrons. The number of aryl methyl sites for hydroxylation is 2. The van der Waals surface area contributed by atoms with E-state index in [9.17, 15) is 0 Å². The summed E-state index contributed by atoms with van der Waals surface area (Å²) in [5.74, 6) is 0.827. The predicted molar refractivity (Wildman–Crippen MR) is 65.3 cm³/mol. The number of hydrogen-bond donors (Lipinski definition) is 1. The van der Waals surface area contributed by atoms with Gasteiger partial charge in [0.1, 0.15) is 0 Å². The monoisotopic (exact) mass is 224 g/mol. The van der Waals surface area contributed by atoms with Gasteiger partial charge < -0.3 is 5.32 Å². The highest BCUT2D eigenvalue weighted by Gasteiger charge is 2.27. The number of hydrogen-bond acceptors (Lipinski definition) is 3. The highest BCUT2D eigenvalue weighted by Crippen LogP contribution is 2.38. The fourth-order valence-corrected chi connectivity index (χ4v) is 3.84. The first-order chi connectivity index (χ1) is 7.22. The SMILES string of the molecule is CNC(c1sc(C)nc1C)C1CCCC1. The van der Waals surface area contributed by atoms with Crippen LogP contribution >= 0.6 is 11.3 Å². The van der Waals surface area contributed by atoms with E-state index in [1.54, 1.807) is 0 Å². The first kappa shape index (κ1) is 11.1. The third-order valence-electron chi connectivity index (χ3n) is 3.40. The number of rotatable bonds is 3. The summed E-state index contributed by atoms with van der Waals surface area (Å²) in [4.78, 5) is 5.99. The first-order valence-electron chi connectivity index (χ1n) is 5.83. The lowest BCUT2D eigenvalue weighted by Crippen LogP contribution is -2.23. The molecule has 0 aromatic carbocycles. The van der Waals surface area contributed by atoms with Crippen molar-refractivity contribution in [2.45, 2.75) is 45.6 Å². The van der Waals surface area contributed by atoms with Gasteiger partial charge in [-0.15, -0.1) is 11.3 Å². The second-order valence-electron chi connectivity index (χ2n) is 4.49. The highest BCUT2D eigenvalue weighted by molar-refractivity contribution is 7.11. The second kappa shape index (κ2) is 4.62. The van der Waals surface area contributed by atoms with Crippen LogP contribution in [0, 0.1) is 19.8 Å². The lowest BCUT2D eigenvalue weighted by Gasteiger charge is -2.22. The van der Waals surface area contributed by atoms with Crippen LogP contribution < -0.4 is 5.32 Å². The molecule has 0 spiro atoms. The lowest BCUT2D eigenvalue weighted by atomic mass is 9.96. The summed E-state index contributed by atoms with van der Waals surface area (Å²) in [5.41, 5.74) is 1.23. The summed E-state index contributed by atoms with van der Waals surface area (Å²) in [7, 11) is 2.08. The highest BCUT2D eigenvalue weighted by atomic mass is 32.1. The van der Waals surface area contributed by atoms with E-state index in [1.165, 1.54) is 41.3 Å². The quantitative estimate of drug-likeness (QED) is 0.852. The predicted octanol–water partition coefficient (Wildman–Crippen LogP) is 3.21. The van der Waals surface area contributed by atoms with Crippen LogP contribution in [0.4, 0.5) is 0 Å². The van der Waals surface area contributed by atoms with Crippen molar-refractivity contribution in [3.63, 3.8) is 0 Å². The van der Waals surface area contributed by atoms with Crippen molar-refractivity contribution in [3.8, 4) is 0 Å². The lowest BCUT2D eigenvalue weighted by molar-refractivity contribution is 0.394. The summed E-state index contributed by atoms with van der Waals surface area (Å²) in [6.07, 6.45) is 5.56. The van der Waals surface area contributed by atoms with Crippen molar-refractivity contribution in [3.05, 3.63) is 15.6 Å². The van der Waals surface area contributed by atoms with E-state index in [4.69, 9.17) is 0 Å². The van der Waals surface area contributed by atoms with Gasteiger partial charge in [0.15, 0.2) is 0 Å². The van der Waals surface area contributed by atoms with E-state index in [0.717, 1.165) is 5.92 Å². The van der Waals surface area contributed by atoms with Gasteiger partial charge in [-0.1, -0.05) is 12.8 Å². The number of nitrogens with one attached hydrogen (secondary N) is 1. The molecule has 1 saturated carbocycles. The first-order valence-corrected chi connectivity index (χ1v) is 6.65. The average molecular weight is 224 g/mol. The van der Waals surface area contributed by atoms with Gasteiger partial charge >= 0.3 is 0 Å². The van der Waals surface area contributed by atoms with Gasteiger partial charge in [-0.25, -0.2) is 4.98 Å². The van der Waals surface area contributed by atoms with Crippen molar-refractivity contribution in [2.75, 3.05) is 7.05 Å². The van der Waals surface area contributed by atoms with Gasteiger partial charge in [-0.05, 0) is 39.7 Å². The van der Waals surface area contributed by atoms with Gasteiger partial charge in [0, 0.05) is 10.9 Å². The van der Waals surface area contributed by atoms with Crippen molar-refractivity contribution in [2.24, 2.45) is 5.92 Å². The van der Waals surface area contributed by atoms with Gasteiger partial charge in [-0.3, -0.25) is 0 Å². The van der Waals surface area contributed by atoms with Crippen molar-refractivity contribution < 1.29 is 0 Å². The molecule has 1 aliphatic carbocycles. The van der Waals surface area contributed by atoms with Crippen LogP contribution in [0.5, 0.6) is 0 Å². The van der Waals surface area contributed by atoms with Crippen LogP contribution in [0.2, 0.25) is 0 Å². The number of aromatic nitrogens is 1. The van der Waals surface area contributed by atoms with E-state index in [1.807, 2.05) is 11.3 Å². The normalized spacial score (nSPS) is 19.7. The molecule has 3 heteroatoms. The van der Waals surface area contributed by atoms with E-state index < -0.39 is 0 Å². The Morgan fingerprint density at radius 1 is 1.33 bits per heavy atom. The average Bonchev–Trinajstić information content (AvgIpc) is 2.79. The molecule has 1 aromatic heterocycles. The minimum Gasteiger partial charge on any atom is -0.312 e. The fraction of sp³-hybridized carbons (Fsp3) is 0.750. The number of nitrogens with zero attached hydrogens (tertiary/aromatic N) is 1. The van der Waals surface area contributed by atoms with Crippen LogP contribution in [0.25, 0.3) is 0 Å². The largest absolute Gasteiger partial charge is 0.312 e. The molecule has 2 rings (SSSR count). The molecule has 1 fully saturated rings. The zero-order chi connectivity index (χ0) is 10.8. The van der Waals surface area contributed by atoms with Crippen molar-refractivity contribution in [1.82, 2.24) is 10.3 Å². The topological polar surface area (TPSA) is 24.9 Å². The zero-order valence-corrected chi connectivity index (χ0v) is 10.7. The molecule has 0 amide bonds. The van der Waals surface area contributed by atoms with E-state index >= 15 is 0 Å². The van der Waals surface area contributed by atoms with E-state index in [-0.39, 0.29) is 0 Å². The third kappa shape index (κ3) is 2.23. The maximum absolute atomic E-state index is 4.53. The van der Waals surface area contributed by atoms with Crippen molar-refractivity contribution >= 4 is 11.3 Å². The Morgan fingerprint density at radius 2 is 2.00 bits per heavy atom. The Morgan fingerprint density at radius 3 is 2.47 bits per heavy atom. The second-order valence-corrected chi connectivity index (χ2v) is 5.73. The molecule has 1 aromatic rings. The van der Waals surface area contributed by atoms with Crippen LogP contribution in [0.15, 0.2) is 0 Å². The molecule has 0 radical (unpaired) electrons. The van der Waals surface area contributed by atoms with Crippen LogP contribution in [-0.2, 0) is 0 Å². The summed E-state index contributed by atoms with van der Waals surface area (Å²) in [5, 5.41) is 4.68. The molecule has 0 bridgehead atoms. The molecule has 1 atom stereocenters. The maximum Gasteiger partial charge on any atom is 0.0900 e. The summed E-state index contributed by atoms with van der Waals surface area (Å²) in [6, 6.07) is 0.540. The summed E-state index contributed by atoms with van der Waals surface area (Å²) >= 11 is 1.86. The Bertz CT molecular complexity index is 326. The smallest absolute Gasteiger partial charge is 0.0900 e. The van der Waals surface area contributed by atoms with E-state index in [0.29, 0.717) is 6.04 Å². The summed E-state index contributed by atoms with van der Waals surface area (Å²) < 4.78 is 0. The van der Waals surface area contributed by atoms with Crippen LogP contribution in [0.3, 0.4) is 0 Å². The molecule has 2 nitrogen and oxygen atoms in total. The fourth-order valence-electron chi connectivity index (χ4n) is 2.71. The van der Waals surface area contributed by atoms with Gasteiger partial charge in [-0.2, -0.15) is 0 Å². The van der Waals surface area contributed by atoms with Gasteiger partial charge in [0.2, 0.25) is 0 Å². The molecule has 1 aliphatic rings. The molecule has 1 heterocycles. The molecule has 0 aliphatic heterocycles. The Labute approximate surface area is 96.1 Å². The standard InChI is InChI=1S/C12H20N2S/c1-8-12(15-9(2)14-8)11(13-3)10-6-4-5-7-10/h10-11,13H,4-7H2,1-3H3. The third-order valence-corrected chi connectivity index (χ3v) is 4.56. The van der Waals surface area contributed by atoms with Gasteiger partial charge in [0.05, 0.1) is 10.7 Å². The molecule has 0 saturated heterocycles. The molecule has 15 heavy (non-hydrogen) atoms. The molecule has 1 N–H and O–H groups in total. The Balaban J connectivity index is 2.21. The van der Waals surface area contributed by atoms with Gasteiger partial charge in [0.25, 0.3) is 0 Å². The molecular weight excluding hydrogens is 204 g/mol. The Kier molecular flexibility index (Phi) is 3.42. The minimum atomic E-state index is 0.540. The zero-order valence-electron chi connectivity index (χ0n) is 9.84. The Hall–Kier alpha value is -0.410. The van der Waals surface area contributed by atoms with E-state index in [2.05, 4.69) is 31.2 Å².